The molecule has 3 nitrogen and oxygen atoms in total. The van der Waals surface area contributed by atoms with Crippen molar-refractivity contribution in [1.29, 1.82) is 5.26 Å². The predicted molar refractivity (Wildman–Crippen MR) is 109 cm³/mol. The number of nitriles is 1. The molecular weight excluding hydrogens is 330 g/mol. The Labute approximate surface area is 155 Å². The molecule has 0 atom stereocenters. The van der Waals surface area contributed by atoms with Crippen LogP contribution >= 0.6 is 0 Å². The van der Waals surface area contributed by atoms with Gasteiger partial charge < -0.3 is 4.40 Å². The molecule has 0 unspecified atom stereocenters. The SMILES string of the molecule is Cc1cccc2c1c1c3c(ccc4c5ccccc5n2c43)c(C#N)c[n+]1C. The van der Waals surface area contributed by atoms with Gasteiger partial charge in [0, 0.05) is 16.2 Å². The number of hydrogen-bond donors (Lipinski definition) is 0. The number of fused-ring (bicyclic) bond motifs is 6. The fourth-order valence-electron chi connectivity index (χ4n) is 4.81. The van der Waals surface area contributed by atoms with Crippen LogP contribution in [0.5, 0.6) is 0 Å². The highest BCUT2D eigenvalue weighted by Gasteiger charge is 2.25. The van der Waals surface area contributed by atoms with Gasteiger partial charge in [-0.1, -0.05) is 42.5 Å². The van der Waals surface area contributed by atoms with Crippen LogP contribution in [0.3, 0.4) is 0 Å². The minimum atomic E-state index is 0.715. The molecule has 0 aliphatic carbocycles. The molecule has 27 heavy (non-hydrogen) atoms. The summed E-state index contributed by atoms with van der Waals surface area (Å²) in [5.74, 6) is 0. The van der Waals surface area contributed by atoms with E-state index in [1.165, 1.54) is 49.2 Å². The highest BCUT2D eigenvalue weighted by molar-refractivity contribution is 6.27. The zero-order valence-corrected chi connectivity index (χ0v) is 15.1. The van der Waals surface area contributed by atoms with Crippen molar-refractivity contribution >= 4 is 49.0 Å². The van der Waals surface area contributed by atoms with Gasteiger partial charge in [-0.3, -0.25) is 0 Å². The van der Waals surface area contributed by atoms with E-state index in [2.05, 4.69) is 76.6 Å². The first-order valence-electron chi connectivity index (χ1n) is 9.09. The molecule has 0 amide bonds. The highest BCUT2D eigenvalue weighted by atomic mass is 15.0. The van der Waals surface area contributed by atoms with E-state index < -0.39 is 0 Å². The van der Waals surface area contributed by atoms with E-state index in [0.29, 0.717) is 5.56 Å². The van der Waals surface area contributed by atoms with Gasteiger partial charge >= 0.3 is 0 Å². The molecule has 3 heteroatoms. The number of rotatable bonds is 0. The lowest BCUT2D eigenvalue weighted by Gasteiger charge is -2.13. The van der Waals surface area contributed by atoms with Crippen molar-refractivity contribution < 1.29 is 4.57 Å². The lowest BCUT2D eigenvalue weighted by Crippen LogP contribution is -2.30. The second-order valence-corrected chi connectivity index (χ2v) is 7.32. The Hall–Kier alpha value is -3.64. The van der Waals surface area contributed by atoms with Crippen LogP contribution in [-0.2, 0) is 7.05 Å². The second-order valence-electron chi connectivity index (χ2n) is 7.32. The third-order valence-corrected chi connectivity index (χ3v) is 5.89. The fraction of sp³-hybridized carbons (Fsp3) is 0.0833. The van der Waals surface area contributed by atoms with Gasteiger partial charge in [0.15, 0.2) is 6.20 Å². The standard InChI is InChI=1S/C24H16N3/c1-14-6-5-9-20-21(14)24-22-16(15(12-25)13-26(24)2)10-11-18-17-7-3-4-8-19(17)27(20)23(18)22/h3-11,13H,1-2H3/q+1. The van der Waals surface area contributed by atoms with Gasteiger partial charge in [0.1, 0.15) is 18.7 Å². The van der Waals surface area contributed by atoms with Gasteiger partial charge in [-0.25, -0.2) is 0 Å². The molecule has 0 aliphatic rings. The molecule has 126 valence electrons. The molecule has 3 aromatic carbocycles. The number of hydrogen-bond acceptors (Lipinski definition) is 1. The third-order valence-electron chi connectivity index (χ3n) is 5.89. The molecule has 6 rings (SSSR count). The van der Waals surface area contributed by atoms with Crippen LogP contribution in [0.2, 0.25) is 0 Å². The van der Waals surface area contributed by atoms with Crippen LogP contribution in [-0.4, -0.2) is 4.40 Å². The van der Waals surface area contributed by atoms with E-state index >= 15 is 0 Å². The summed E-state index contributed by atoms with van der Waals surface area (Å²) >= 11 is 0. The summed E-state index contributed by atoms with van der Waals surface area (Å²) in [6.45, 7) is 2.17. The summed E-state index contributed by atoms with van der Waals surface area (Å²) in [6.07, 6.45) is 1.96. The smallest absolute Gasteiger partial charge is 0.224 e. The number of nitrogens with zero attached hydrogens (tertiary/aromatic N) is 3. The molecule has 0 N–H and O–H groups in total. The zero-order valence-electron chi connectivity index (χ0n) is 15.1. The fourth-order valence-corrected chi connectivity index (χ4v) is 4.81. The van der Waals surface area contributed by atoms with Gasteiger partial charge in [-0.05, 0) is 24.6 Å². The Morgan fingerprint density at radius 3 is 2.48 bits per heavy atom. The average molecular weight is 346 g/mol. The lowest BCUT2D eigenvalue weighted by molar-refractivity contribution is -0.644. The summed E-state index contributed by atoms with van der Waals surface area (Å²) in [6, 6.07) is 21.7. The Balaban J connectivity index is 2.16. The molecule has 0 radical (unpaired) electrons. The molecule has 3 heterocycles. The van der Waals surface area contributed by atoms with Crippen molar-refractivity contribution in [3.05, 3.63) is 71.9 Å². The summed E-state index contributed by atoms with van der Waals surface area (Å²) in [5.41, 5.74) is 6.78. The van der Waals surface area contributed by atoms with Crippen molar-refractivity contribution in [3.63, 3.8) is 0 Å². The Morgan fingerprint density at radius 2 is 1.63 bits per heavy atom. The van der Waals surface area contributed by atoms with Crippen molar-refractivity contribution in [2.75, 3.05) is 0 Å². The lowest BCUT2D eigenvalue weighted by atomic mass is 9.98. The van der Waals surface area contributed by atoms with Gasteiger partial charge in [0.25, 0.3) is 0 Å². The molecule has 3 aromatic heterocycles. The Morgan fingerprint density at radius 1 is 0.852 bits per heavy atom. The van der Waals surface area contributed by atoms with Crippen molar-refractivity contribution in [2.45, 2.75) is 6.92 Å². The van der Waals surface area contributed by atoms with Gasteiger partial charge in [-0.15, -0.1) is 0 Å². The summed E-state index contributed by atoms with van der Waals surface area (Å²) in [4.78, 5) is 0. The number of aryl methyl sites for hydroxylation is 2. The minimum Gasteiger partial charge on any atom is -0.307 e. The Bertz CT molecular complexity index is 1600. The predicted octanol–water partition coefficient (Wildman–Crippen LogP) is 4.99. The van der Waals surface area contributed by atoms with Crippen LogP contribution in [0.4, 0.5) is 0 Å². The van der Waals surface area contributed by atoms with E-state index in [1.807, 2.05) is 13.2 Å². The number of pyridine rings is 2. The second kappa shape index (κ2) is 4.75. The maximum Gasteiger partial charge on any atom is 0.224 e. The topological polar surface area (TPSA) is 32.1 Å². The van der Waals surface area contributed by atoms with Crippen molar-refractivity contribution in [2.24, 2.45) is 7.05 Å². The molecule has 0 spiro atoms. The third kappa shape index (κ3) is 1.59. The molecule has 0 saturated carbocycles. The van der Waals surface area contributed by atoms with E-state index in [4.69, 9.17) is 0 Å². The summed E-state index contributed by atoms with van der Waals surface area (Å²) in [7, 11) is 2.04. The molecule has 0 saturated heterocycles. The molecule has 0 bridgehead atoms. The average Bonchev–Trinajstić information content (AvgIpc) is 3.03. The maximum atomic E-state index is 9.73. The van der Waals surface area contributed by atoms with Crippen molar-refractivity contribution in [3.8, 4) is 6.07 Å². The van der Waals surface area contributed by atoms with Crippen LogP contribution < -0.4 is 4.57 Å². The van der Waals surface area contributed by atoms with E-state index in [9.17, 15) is 5.26 Å². The first-order valence-corrected chi connectivity index (χ1v) is 9.09. The summed E-state index contributed by atoms with van der Waals surface area (Å²) < 4.78 is 4.50. The highest BCUT2D eigenvalue weighted by Crippen LogP contribution is 2.41. The summed E-state index contributed by atoms with van der Waals surface area (Å²) in [5, 5.41) is 15.7. The number of aromatic nitrogens is 2. The van der Waals surface area contributed by atoms with Gasteiger partial charge in [-0.2, -0.15) is 9.83 Å². The molecular formula is C24H16N3+. The first kappa shape index (κ1) is 14.5. The molecule has 6 aromatic rings. The number of para-hydroxylation sites is 1. The van der Waals surface area contributed by atoms with Crippen LogP contribution in [0.25, 0.3) is 49.0 Å². The van der Waals surface area contributed by atoms with E-state index in [0.717, 1.165) is 5.39 Å². The van der Waals surface area contributed by atoms with E-state index in [1.54, 1.807) is 0 Å². The van der Waals surface area contributed by atoms with E-state index in [-0.39, 0.29) is 0 Å². The maximum absolute atomic E-state index is 9.73. The first-order chi connectivity index (χ1) is 13.2. The Kier molecular flexibility index (Phi) is 2.55. The van der Waals surface area contributed by atoms with Gasteiger partial charge in [0.2, 0.25) is 5.52 Å². The van der Waals surface area contributed by atoms with Crippen molar-refractivity contribution in [1.82, 2.24) is 4.40 Å². The minimum absolute atomic E-state index is 0.715. The van der Waals surface area contributed by atoms with Crippen LogP contribution in [0.15, 0.2) is 60.8 Å². The largest absolute Gasteiger partial charge is 0.307 e. The van der Waals surface area contributed by atoms with Crippen LogP contribution in [0, 0.1) is 18.3 Å². The number of benzene rings is 3. The quantitative estimate of drug-likeness (QED) is 0.216. The van der Waals surface area contributed by atoms with Crippen LogP contribution in [0.1, 0.15) is 11.1 Å². The normalized spacial score (nSPS) is 12.0. The van der Waals surface area contributed by atoms with Gasteiger partial charge in [0.05, 0.1) is 27.3 Å². The molecule has 0 fully saturated rings. The molecule has 0 aliphatic heterocycles. The zero-order chi connectivity index (χ0) is 18.3. The monoisotopic (exact) mass is 346 g/mol.